The smallest absolute Gasteiger partial charge is 0.101 e. The van der Waals surface area contributed by atoms with Gasteiger partial charge in [-0.25, -0.2) is 0 Å². The fraction of sp³-hybridized carbons (Fsp3) is 0.500. The minimum Gasteiger partial charge on any atom is -0.392 e. The average Bonchev–Trinajstić information content (AvgIpc) is 2.36. The van der Waals surface area contributed by atoms with Crippen molar-refractivity contribution in [2.24, 2.45) is 0 Å². The second kappa shape index (κ2) is 4.97. The van der Waals surface area contributed by atoms with Gasteiger partial charge in [-0.3, -0.25) is 0 Å². The molecule has 1 aliphatic heterocycles. The number of rotatable bonds is 2. The van der Waals surface area contributed by atoms with E-state index >= 15 is 0 Å². The van der Waals surface area contributed by atoms with E-state index in [9.17, 15) is 5.26 Å². The van der Waals surface area contributed by atoms with Crippen molar-refractivity contribution in [1.29, 1.82) is 5.26 Å². The highest BCUT2D eigenvalue weighted by Crippen LogP contribution is 2.26. The normalized spacial score (nSPS) is 18.4. The van der Waals surface area contributed by atoms with E-state index in [4.69, 9.17) is 9.84 Å². The van der Waals surface area contributed by atoms with Crippen LogP contribution >= 0.6 is 0 Å². The van der Waals surface area contributed by atoms with Gasteiger partial charge in [0, 0.05) is 13.1 Å². The van der Waals surface area contributed by atoms with Gasteiger partial charge in [-0.05, 0) is 31.5 Å². The number of anilines is 1. The summed E-state index contributed by atoms with van der Waals surface area (Å²) in [5, 5.41) is 18.3. The van der Waals surface area contributed by atoms with Gasteiger partial charge in [0.15, 0.2) is 0 Å². The molecule has 0 atom stereocenters. The number of benzene rings is 1. The van der Waals surface area contributed by atoms with Crippen LogP contribution in [0.2, 0.25) is 0 Å². The first-order valence-electron chi connectivity index (χ1n) is 6.08. The van der Waals surface area contributed by atoms with Gasteiger partial charge in [0.1, 0.15) is 6.07 Å². The third-order valence-corrected chi connectivity index (χ3v) is 3.13. The first-order valence-corrected chi connectivity index (χ1v) is 6.08. The highest BCUT2D eigenvalue weighted by atomic mass is 16.5. The van der Waals surface area contributed by atoms with Gasteiger partial charge in [0.2, 0.25) is 0 Å². The first-order chi connectivity index (χ1) is 8.55. The van der Waals surface area contributed by atoms with Crippen LogP contribution in [-0.4, -0.2) is 30.4 Å². The predicted molar refractivity (Wildman–Crippen MR) is 69.3 cm³/mol. The molecule has 1 aromatic carbocycles. The standard InChI is InChI=1S/C14H18N2O2/c1-14(2)10-16(5-6-18-14)13-4-3-11(9-17)7-12(13)8-15/h3-4,7,17H,5-6,9-10H2,1-2H3. The Morgan fingerprint density at radius 2 is 2.28 bits per heavy atom. The second-order valence-corrected chi connectivity index (χ2v) is 5.15. The molecule has 4 heteroatoms. The summed E-state index contributed by atoms with van der Waals surface area (Å²) in [6.07, 6.45) is 0. The van der Waals surface area contributed by atoms with E-state index in [1.807, 2.05) is 26.0 Å². The Morgan fingerprint density at radius 3 is 2.89 bits per heavy atom. The molecular formula is C14H18N2O2. The molecule has 0 aromatic heterocycles. The Morgan fingerprint density at radius 1 is 1.50 bits per heavy atom. The maximum absolute atomic E-state index is 9.21. The molecule has 18 heavy (non-hydrogen) atoms. The van der Waals surface area contributed by atoms with Crippen molar-refractivity contribution in [2.45, 2.75) is 26.1 Å². The van der Waals surface area contributed by atoms with Gasteiger partial charge in [-0.1, -0.05) is 6.07 Å². The van der Waals surface area contributed by atoms with Crippen molar-refractivity contribution in [3.8, 4) is 6.07 Å². The van der Waals surface area contributed by atoms with Crippen LogP contribution < -0.4 is 4.90 Å². The Balaban J connectivity index is 2.30. The molecule has 1 fully saturated rings. The van der Waals surface area contributed by atoms with E-state index in [-0.39, 0.29) is 12.2 Å². The lowest BCUT2D eigenvalue weighted by atomic mass is 10.0. The monoisotopic (exact) mass is 246 g/mol. The summed E-state index contributed by atoms with van der Waals surface area (Å²) in [6.45, 7) is 6.28. The number of hydrogen-bond acceptors (Lipinski definition) is 4. The second-order valence-electron chi connectivity index (χ2n) is 5.15. The third-order valence-electron chi connectivity index (χ3n) is 3.13. The fourth-order valence-corrected chi connectivity index (χ4v) is 2.27. The molecule has 0 radical (unpaired) electrons. The molecule has 1 aliphatic rings. The molecule has 1 saturated heterocycles. The van der Waals surface area contributed by atoms with Crippen LogP contribution in [0.5, 0.6) is 0 Å². The summed E-state index contributed by atoms with van der Waals surface area (Å²) in [6, 6.07) is 7.72. The van der Waals surface area contributed by atoms with Crippen LogP contribution in [0, 0.1) is 11.3 Å². The summed E-state index contributed by atoms with van der Waals surface area (Å²) in [4.78, 5) is 2.17. The van der Waals surface area contributed by atoms with E-state index in [2.05, 4.69) is 11.0 Å². The molecule has 0 amide bonds. The lowest BCUT2D eigenvalue weighted by molar-refractivity contribution is -0.0277. The van der Waals surface area contributed by atoms with Gasteiger partial charge in [-0.2, -0.15) is 5.26 Å². The zero-order chi connectivity index (χ0) is 13.2. The number of nitrogens with zero attached hydrogens (tertiary/aromatic N) is 2. The minimum absolute atomic E-state index is 0.0381. The molecule has 1 N–H and O–H groups in total. The van der Waals surface area contributed by atoms with Crippen molar-refractivity contribution in [3.63, 3.8) is 0 Å². The maximum Gasteiger partial charge on any atom is 0.101 e. The zero-order valence-electron chi connectivity index (χ0n) is 10.8. The van der Waals surface area contributed by atoms with Crippen molar-refractivity contribution < 1.29 is 9.84 Å². The maximum atomic E-state index is 9.21. The topological polar surface area (TPSA) is 56.5 Å². The lowest BCUT2D eigenvalue weighted by Crippen LogP contribution is -2.48. The van der Waals surface area contributed by atoms with Crippen LogP contribution in [0.1, 0.15) is 25.0 Å². The van der Waals surface area contributed by atoms with E-state index in [1.54, 1.807) is 6.07 Å². The molecule has 4 nitrogen and oxygen atoms in total. The highest BCUT2D eigenvalue weighted by Gasteiger charge is 2.28. The molecule has 1 aromatic rings. The fourth-order valence-electron chi connectivity index (χ4n) is 2.27. The molecule has 96 valence electrons. The molecule has 0 aliphatic carbocycles. The van der Waals surface area contributed by atoms with Crippen LogP contribution in [0.4, 0.5) is 5.69 Å². The molecule has 1 heterocycles. The predicted octanol–water partition coefficient (Wildman–Crippen LogP) is 1.67. The SMILES string of the molecule is CC1(C)CN(c2ccc(CO)cc2C#N)CCO1. The Labute approximate surface area is 107 Å². The van der Waals surface area contributed by atoms with Crippen LogP contribution in [0.3, 0.4) is 0 Å². The number of aliphatic hydroxyl groups is 1. The van der Waals surface area contributed by atoms with Crippen LogP contribution in [-0.2, 0) is 11.3 Å². The number of ether oxygens (including phenoxy) is 1. The Kier molecular flexibility index (Phi) is 3.55. The number of aliphatic hydroxyl groups excluding tert-OH is 1. The molecule has 0 saturated carbocycles. The first kappa shape index (κ1) is 12.9. The summed E-state index contributed by atoms with van der Waals surface area (Å²) >= 11 is 0. The number of nitriles is 1. The lowest BCUT2D eigenvalue weighted by Gasteiger charge is -2.39. The Bertz CT molecular complexity index is 477. The molecule has 2 rings (SSSR count). The van der Waals surface area contributed by atoms with Gasteiger partial charge in [-0.15, -0.1) is 0 Å². The minimum atomic E-state index is -0.194. The highest BCUT2D eigenvalue weighted by molar-refractivity contribution is 5.60. The summed E-state index contributed by atoms with van der Waals surface area (Å²) in [7, 11) is 0. The van der Waals surface area contributed by atoms with Crippen molar-refractivity contribution >= 4 is 5.69 Å². The largest absolute Gasteiger partial charge is 0.392 e. The summed E-state index contributed by atoms with van der Waals surface area (Å²) in [5.41, 5.74) is 2.11. The van der Waals surface area contributed by atoms with Crippen molar-refractivity contribution in [2.75, 3.05) is 24.6 Å². The molecule has 0 bridgehead atoms. The van der Waals surface area contributed by atoms with Gasteiger partial charge >= 0.3 is 0 Å². The summed E-state index contributed by atoms with van der Waals surface area (Å²) < 4.78 is 5.67. The van der Waals surface area contributed by atoms with Crippen LogP contribution in [0.25, 0.3) is 0 Å². The number of morpholine rings is 1. The summed E-state index contributed by atoms with van der Waals surface area (Å²) in [5.74, 6) is 0. The van der Waals surface area contributed by atoms with E-state index < -0.39 is 0 Å². The Hall–Kier alpha value is -1.57. The van der Waals surface area contributed by atoms with E-state index in [1.165, 1.54) is 0 Å². The van der Waals surface area contributed by atoms with Gasteiger partial charge in [0.05, 0.1) is 30.1 Å². The quantitative estimate of drug-likeness (QED) is 0.862. The molecular weight excluding hydrogens is 228 g/mol. The van der Waals surface area contributed by atoms with E-state index in [0.29, 0.717) is 12.2 Å². The molecule has 0 spiro atoms. The van der Waals surface area contributed by atoms with Crippen molar-refractivity contribution in [1.82, 2.24) is 0 Å². The van der Waals surface area contributed by atoms with Gasteiger partial charge in [0.25, 0.3) is 0 Å². The molecule has 0 unspecified atom stereocenters. The average molecular weight is 246 g/mol. The van der Waals surface area contributed by atoms with E-state index in [0.717, 1.165) is 24.3 Å². The zero-order valence-corrected chi connectivity index (χ0v) is 10.8. The number of hydrogen-bond donors (Lipinski definition) is 1. The van der Waals surface area contributed by atoms with Gasteiger partial charge < -0.3 is 14.7 Å². The third kappa shape index (κ3) is 2.63. The van der Waals surface area contributed by atoms with Crippen molar-refractivity contribution in [3.05, 3.63) is 29.3 Å². The van der Waals surface area contributed by atoms with Crippen LogP contribution in [0.15, 0.2) is 18.2 Å².